The number of anilines is 1. The number of nitrogens with one attached hydrogen (secondary N) is 1. The van der Waals surface area contributed by atoms with Crippen molar-refractivity contribution >= 4 is 34.9 Å². The highest BCUT2D eigenvalue weighted by atomic mass is 35.5. The van der Waals surface area contributed by atoms with E-state index in [0.29, 0.717) is 22.1 Å². The molecule has 2 saturated carbocycles. The molecule has 1 aliphatic heterocycles. The van der Waals surface area contributed by atoms with Crippen molar-refractivity contribution in [1.29, 1.82) is 0 Å². The maximum atomic E-state index is 12.1. The second-order valence-electron chi connectivity index (χ2n) is 8.52. The fraction of sp³-hybridized carbons (Fsp3) is 0.667. The summed E-state index contributed by atoms with van der Waals surface area (Å²) in [6.45, 7) is 5.22. The highest BCUT2D eigenvalue weighted by Gasteiger charge is 2.34. The van der Waals surface area contributed by atoms with E-state index in [4.69, 9.17) is 23.2 Å². The molecule has 1 aromatic carbocycles. The molecule has 0 unspecified atom stereocenters. The summed E-state index contributed by atoms with van der Waals surface area (Å²) in [7, 11) is 1.92. The van der Waals surface area contributed by atoms with Crippen LogP contribution in [0.1, 0.15) is 32.1 Å². The molecule has 5 nitrogen and oxygen atoms in total. The number of piperazine rings is 1. The van der Waals surface area contributed by atoms with Gasteiger partial charge < -0.3 is 15.1 Å². The van der Waals surface area contributed by atoms with Crippen LogP contribution in [-0.4, -0.2) is 67.7 Å². The molecule has 7 heteroatoms. The highest BCUT2D eigenvalue weighted by Crippen LogP contribution is 2.34. The minimum atomic E-state index is 0.113. The summed E-state index contributed by atoms with van der Waals surface area (Å²) >= 11 is 12.5. The SMILES string of the molecule is CN(C(=O)NC1CC(CCN2CCN(c3cccc(Cl)c3Cl)CC2)C1)C1CC1. The van der Waals surface area contributed by atoms with Gasteiger partial charge in [0.25, 0.3) is 0 Å². The smallest absolute Gasteiger partial charge is 0.317 e. The summed E-state index contributed by atoms with van der Waals surface area (Å²) in [6, 6.07) is 6.82. The average molecular weight is 425 g/mol. The number of urea groups is 1. The van der Waals surface area contributed by atoms with Crippen molar-refractivity contribution in [2.75, 3.05) is 44.7 Å². The normalized spacial score (nSPS) is 25.3. The topological polar surface area (TPSA) is 38.8 Å². The van der Waals surface area contributed by atoms with Crippen LogP contribution in [0, 0.1) is 5.92 Å². The van der Waals surface area contributed by atoms with E-state index < -0.39 is 0 Å². The molecule has 4 rings (SSSR count). The Balaban J connectivity index is 1.13. The van der Waals surface area contributed by atoms with E-state index in [1.54, 1.807) is 0 Å². The van der Waals surface area contributed by atoms with Gasteiger partial charge in [-0.05, 0) is 56.7 Å². The number of hydrogen-bond acceptors (Lipinski definition) is 3. The molecule has 0 aromatic heterocycles. The summed E-state index contributed by atoms with van der Waals surface area (Å²) in [6.07, 6.45) is 5.80. The lowest BCUT2D eigenvalue weighted by molar-refractivity contribution is 0.158. The Kier molecular flexibility index (Phi) is 6.24. The number of carbonyl (C=O) groups excluding carboxylic acids is 1. The van der Waals surface area contributed by atoms with Gasteiger partial charge in [0.15, 0.2) is 0 Å². The fourth-order valence-electron chi connectivity index (χ4n) is 4.31. The number of carbonyl (C=O) groups is 1. The van der Waals surface area contributed by atoms with Gasteiger partial charge in [0, 0.05) is 45.3 Å². The molecular formula is C21H30Cl2N4O. The molecule has 1 aromatic rings. The summed E-state index contributed by atoms with van der Waals surface area (Å²) < 4.78 is 0. The second kappa shape index (κ2) is 8.68. The van der Waals surface area contributed by atoms with E-state index in [2.05, 4.69) is 15.1 Å². The lowest BCUT2D eigenvalue weighted by atomic mass is 9.78. The van der Waals surface area contributed by atoms with E-state index in [1.807, 2.05) is 30.1 Å². The maximum absolute atomic E-state index is 12.1. The van der Waals surface area contributed by atoms with E-state index >= 15 is 0 Å². The van der Waals surface area contributed by atoms with Gasteiger partial charge >= 0.3 is 6.03 Å². The van der Waals surface area contributed by atoms with Gasteiger partial charge in [-0.15, -0.1) is 0 Å². The van der Waals surface area contributed by atoms with Crippen LogP contribution < -0.4 is 10.2 Å². The molecule has 0 atom stereocenters. The Morgan fingerprint density at radius 3 is 2.57 bits per heavy atom. The van der Waals surface area contributed by atoms with Gasteiger partial charge in [-0.25, -0.2) is 4.79 Å². The molecule has 3 fully saturated rings. The van der Waals surface area contributed by atoms with Crippen LogP contribution in [0.15, 0.2) is 18.2 Å². The average Bonchev–Trinajstić information content (AvgIpc) is 3.50. The summed E-state index contributed by atoms with van der Waals surface area (Å²) in [5.41, 5.74) is 1.04. The minimum absolute atomic E-state index is 0.113. The lowest BCUT2D eigenvalue weighted by Crippen LogP contribution is -2.50. The first-order valence-corrected chi connectivity index (χ1v) is 11.2. The zero-order chi connectivity index (χ0) is 19.7. The van der Waals surface area contributed by atoms with Crippen LogP contribution in [0.25, 0.3) is 0 Å². The third-order valence-electron chi connectivity index (χ3n) is 6.48. The predicted molar refractivity (Wildman–Crippen MR) is 116 cm³/mol. The number of amides is 2. The number of benzene rings is 1. The molecule has 28 heavy (non-hydrogen) atoms. The molecule has 0 radical (unpaired) electrons. The monoisotopic (exact) mass is 424 g/mol. The Bertz CT molecular complexity index is 698. The summed E-state index contributed by atoms with van der Waals surface area (Å²) in [4.78, 5) is 18.9. The zero-order valence-corrected chi connectivity index (χ0v) is 18.1. The quantitative estimate of drug-likeness (QED) is 0.747. The Labute approximate surface area is 177 Å². The van der Waals surface area contributed by atoms with E-state index in [1.165, 1.54) is 6.42 Å². The first-order valence-electron chi connectivity index (χ1n) is 10.5. The molecule has 0 bridgehead atoms. The van der Waals surface area contributed by atoms with Crippen LogP contribution in [0.4, 0.5) is 10.5 Å². The van der Waals surface area contributed by atoms with Crippen molar-refractivity contribution in [3.63, 3.8) is 0 Å². The van der Waals surface area contributed by atoms with Gasteiger partial charge in [-0.1, -0.05) is 29.3 Å². The van der Waals surface area contributed by atoms with Crippen molar-refractivity contribution in [2.45, 2.75) is 44.2 Å². The van der Waals surface area contributed by atoms with Crippen LogP contribution in [0.2, 0.25) is 10.0 Å². The zero-order valence-electron chi connectivity index (χ0n) is 16.5. The first kappa shape index (κ1) is 20.1. The number of nitrogens with zero attached hydrogens (tertiary/aromatic N) is 3. The van der Waals surface area contributed by atoms with Crippen LogP contribution in [0.5, 0.6) is 0 Å². The molecule has 1 saturated heterocycles. The predicted octanol–water partition coefficient (Wildman–Crippen LogP) is 4.09. The number of rotatable bonds is 6. The van der Waals surface area contributed by atoms with Gasteiger partial charge in [-0.3, -0.25) is 4.90 Å². The summed E-state index contributed by atoms with van der Waals surface area (Å²) in [5.74, 6) is 0.747. The Morgan fingerprint density at radius 2 is 1.89 bits per heavy atom. The molecule has 3 aliphatic rings. The fourth-order valence-corrected chi connectivity index (χ4v) is 4.72. The van der Waals surface area contributed by atoms with E-state index in [9.17, 15) is 4.79 Å². The van der Waals surface area contributed by atoms with E-state index in [0.717, 1.165) is 70.0 Å². The highest BCUT2D eigenvalue weighted by molar-refractivity contribution is 6.43. The van der Waals surface area contributed by atoms with Gasteiger partial charge in [0.2, 0.25) is 0 Å². The van der Waals surface area contributed by atoms with Crippen LogP contribution in [0.3, 0.4) is 0 Å². The maximum Gasteiger partial charge on any atom is 0.317 e. The van der Waals surface area contributed by atoms with Gasteiger partial charge in [0.05, 0.1) is 15.7 Å². The minimum Gasteiger partial charge on any atom is -0.368 e. The standard InChI is InChI=1S/C21H30Cl2N4O/c1-25(17-5-6-17)21(28)24-16-13-15(14-16)7-8-26-9-11-27(12-10-26)19-4-2-3-18(22)20(19)23/h2-4,15-17H,5-14H2,1H3,(H,24,28). The molecule has 154 valence electrons. The molecule has 2 amide bonds. The van der Waals surface area contributed by atoms with Crippen molar-refractivity contribution in [2.24, 2.45) is 5.92 Å². The van der Waals surface area contributed by atoms with Crippen LogP contribution >= 0.6 is 23.2 Å². The largest absolute Gasteiger partial charge is 0.368 e. The third-order valence-corrected chi connectivity index (χ3v) is 7.28. The Morgan fingerprint density at radius 1 is 1.18 bits per heavy atom. The molecule has 2 aliphatic carbocycles. The number of halogens is 2. The lowest BCUT2D eigenvalue weighted by Gasteiger charge is -2.40. The van der Waals surface area contributed by atoms with Gasteiger partial charge in [0.1, 0.15) is 0 Å². The van der Waals surface area contributed by atoms with Crippen molar-refractivity contribution in [3.8, 4) is 0 Å². The third kappa shape index (κ3) is 4.69. The van der Waals surface area contributed by atoms with Gasteiger partial charge in [-0.2, -0.15) is 0 Å². The summed E-state index contributed by atoms with van der Waals surface area (Å²) in [5, 5.41) is 4.46. The molecule has 0 spiro atoms. The van der Waals surface area contributed by atoms with Crippen molar-refractivity contribution in [1.82, 2.24) is 15.1 Å². The first-order chi connectivity index (χ1) is 13.5. The molecule has 1 heterocycles. The second-order valence-corrected chi connectivity index (χ2v) is 9.30. The number of hydrogen-bond donors (Lipinski definition) is 1. The molecule has 1 N–H and O–H groups in total. The molecular weight excluding hydrogens is 395 g/mol. The Hall–Kier alpha value is -1.17. The van der Waals surface area contributed by atoms with E-state index in [-0.39, 0.29) is 6.03 Å². The van der Waals surface area contributed by atoms with Crippen molar-refractivity contribution < 1.29 is 4.79 Å². The van der Waals surface area contributed by atoms with Crippen molar-refractivity contribution in [3.05, 3.63) is 28.2 Å². The van der Waals surface area contributed by atoms with Crippen LogP contribution in [-0.2, 0) is 0 Å².